The highest BCUT2D eigenvalue weighted by molar-refractivity contribution is 6.30. The number of carbonyl (C=O) groups is 3. The first-order valence-electron chi connectivity index (χ1n) is 10.3. The van der Waals surface area contributed by atoms with E-state index in [0.29, 0.717) is 48.3 Å². The minimum atomic E-state index is -0.790. The van der Waals surface area contributed by atoms with E-state index in [9.17, 15) is 14.4 Å². The number of nitrogens with zero attached hydrogens (tertiary/aromatic N) is 2. The van der Waals surface area contributed by atoms with Crippen LogP contribution in [0.4, 0.5) is 4.79 Å². The van der Waals surface area contributed by atoms with Gasteiger partial charge in [-0.05, 0) is 62.4 Å². The van der Waals surface area contributed by atoms with Crippen molar-refractivity contribution >= 4 is 29.6 Å². The molecule has 0 aromatic heterocycles. The zero-order valence-electron chi connectivity index (χ0n) is 18.0. The van der Waals surface area contributed by atoms with Gasteiger partial charge in [-0.3, -0.25) is 9.59 Å². The van der Waals surface area contributed by atoms with E-state index < -0.39 is 12.3 Å². The van der Waals surface area contributed by atoms with Crippen molar-refractivity contribution in [2.75, 3.05) is 32.8 Å². The van der Waals surface area contributed by atoms with Gasteiger partial charge in [-0.2, -0.15) is 0 Å². The Balaban J connectivity index is 1.50. The quantitative estimate of drug-likeness (QED) is 0.483. The van der Waals surface area contributed by atoms with Crippen molar-refractivity contribution in [1.29, 1.82) is 0 Å². The highest BCUT2D eigenvalue weighted by Crippen LogP contribution is 2.19. The third kappa shape index (κ3) is 6.13. The van der Waals surface area contributed by atoms with E-state index in [2.05, 4.69) is 0 Å². The van der Waals surface area contributed by atoms with Crippen molar-refractivity contribution in [2.24, 2.45) is 0 Å². The molecule has 32 heavy (non-hydrogen) atoms. The number of amides is 2. The molecule has 0 saturated carbocycles. The van der Waals surface area contributed by atoms with Crippen LogP contribution in [0.5, 0.6) is 11.5 Å². The van der Waals surface area contributed by atoms with E-state index in [1.807, 2.05) is 0 Å². The summed E-state index contributed by atoms with van der Waals surface area (Å²) in [6.07, 6.45) is -1.44. The summed E-state index contributed by atoms with van der Waals surface area (Å²) in [5.41, 5.74) is 0.473. The molecule has 1 aliphatic heterocycles. The molecule has 0 N–H and O–H groups in total. The summed E-state index contributed by atoms with van der Waals surface area (Å²) in [4.78, 5) is 40.2. The summed E-state index contributed by atoms with van der Waals surface area (Å²) < 4.78 is 15.4. The van der Waals surface area contributed by atoms with Crippen LogP contribution in [0.1, 0.15) is 24.2 Å². The number of hydrogen-bond donors (Lipinski definition) is 0. The topological polar surface area (TPSA) is 85.4 Å². The molecule has 1 unspecified atom stereocenters. The normalized spacial score (nSPS) is 14.5. The summed E-state index contributed by atoms with van der Waals surface area (Å²) in [7, 11) is 0. The highest BCUT2D eigenvalue weighted by Gasteiger charge is 2.28. The Morgan fingerprint density at radius 2 is 1.47 bits per heavy atom. The van der Waals surface area contributed by atoms with Gasteiger partial charge >= 0.3 is 6.16 Å². The highest BCUT2D eigenvalue weighted by atomic mass is 35.5. The summed E-state index contributed by atoms with van der Waals surface area (Å²) in [6, 6.07) is 13.1. The number of hydrogen-bond acceptors (Lipinski definition) is 6. The smallest absolute Gasteiger partial charge is 0.481 e. The maximum Gasteiger partial charge on any atom is 0.513 e. The Kier molecular flexibility index (Phi) is 7.94. The molecule has 1 fully saturated rings. The van der Waals surface area contributed by atoms with E-state index in [4.69, 9.17) is 25.8 Å². The predicted octanol–water partition coefficient (Wildman–Crippen LogP) is 3.63. The maximum atomic E-state index is 12.8. The summed E-state index contributed by atoms with van der Waals surface area (Å²) in [5.74, 6) is 0.585. The fourth-order valence-electron chi connectivity index (χ4n) is 3.25. The minimum absolute atomic E-state index is 0.132. The van der Waals surface area contributed by atoms with Crippen LogP contribution >= 0.6 is 11.6 Å². The molecular weight excluding hydrogens is 436 g/mol. The molecule has 0 bridgehead atoms. The first kappa shape index (κ1) is 23.4. The molecule has 2 aromatic carbocycles. The third-order valence-corrected chi connectivity index (χ3v) is 5.17. The van der Waals surface area contributed by atoms with Crippen LogP contribution in [-0.4, -0.2) is 66.7 Å². The lowest BCUT2D eigenvalue weighted by Gasteiger charge is -2.36. The molecular formula is C23H25ClN2O6. The van der Waals surface area contributed by atoms with Gasteiger partial charge in [0.2, 0.25) is 0 Å². The Labute approximate surface area is 191 Å². The summed E-state index contributed by atoms with van der Waals surface area (Å²) in [6.45, 7) is 5.28. The molecule has 9 heteroatoms. The molecule has 170 valence electrons. The van der Waals surface area contributed by atoms with E-state index in [0.717, 1.165) is 0 Å². The van der Waals surface area contributed by atoms with Crippen molar-refractivity contribution < 1.29 is 28.6 Å². The van der Waals surface area contributed by atoms with Crippen LogP contribution in [0.2, 0.25) is 5.02 Å². The number of ether oxygens (including phenoxy) is 3. The van der Waals surface area contributed by atoms with Gasteiger partial charge in [0.1, 0.15) is 11.5 Å². The van der Waals surface area contributed by atoms with Gasteiger partial charge < -0.3 is 24.0 Å². The van der Waals surface area contributed by atoms with Crippen LogP contribution in [0.15, 0.2) is 48.5 Å². The van der Waals surface area contributed by atoms with Crippen LogP contribution in [0.3, 0.4) is 0 Å². The van der Waals surface area contributed by atoms with Crippen LogP contribution < -0.4 is 9.47 Å². The van der Waals surface area contributed by atoms with Crippen molar-refractivity contribution in [2.45, 2.75) is 20.0 Å². The second-order valence-electron chi connectivity index (χ2n) is 7.14. The van der Waals surface area contributed by atoms with Gasteiger partial charge in [0.25, 0.3) is 11.8 Å². The second kappa shape index (κ2) is 10.9. The fourth-order valence-corrected chi connectivity index (χ4v) is 3.37. The van der Waals surface area contributed by atoms with Gasteiger partial charge in [0.05, 0.1) is 6.61 Å². The Hall–Kier alpha value is -3.26. The average molecular weight is 461 g/mol. The molecule has 1 atom stereocenters. The first-order valence-corrected chi connectivity index (χ1v) is 10.7. The van der Waals surface area contributed by atoms with Crippen LogP contribution in [0, 0.1) is 0 Å². The standard InChI is InChI=1S/C23H25ClN2O6/c1-3-30-23(29)32-20-8-4-17(5-9-20)22(28)26-14-12-25(13-15-26)21(27)16(2)31-19-10-6-18(24)7-11-19/h4-11,16H,3,12-15H2,1-2H3. The van der Waals surface area contributed by atoms with Crippen molar-refractivity contribution in [3.63, 3.8) is 0 Å². The Bertz CT molecular complexity index is 940. The molecule has 3 rings (SSSR count). The number of benzene rings is 2. The van der Waals surface area contributed by atoms with Gasteiger partial charge in [0, 0.05) is 36.8 Å². The molecule has 0 spiro atoms. The Morgan fingerprint density at radius 3 is 2.06 bits per heavy atom. The summed E-state index contributed by atoms with van der Waals surface area (Å²) >= 11 is 5.87. The molecule has 1 heterocycles. The zero-order chi connectivity index (χ0) is 23.1. The van der Waals surface area contributed by atoms with Gasteiger partial charge in [-0.25, -0.2) is 4.79 Å². The lowest BCUT2D eigenvalue weighted by molar-refractivity contribution is -0.139. The third-order valence-electron chi connectivity index (χ3n) is 4.92. The predicted molar refractivity (Wildman–Crippen MR) is 118 cm³/mol. The lowest BCUT2D eigenvalue weighted by atomic mass is 10.1. The molecule has 8 nitrogen and oxygen atoms in total. The SMILES string of the molecule is CCOC(=O)Oc1ccc(C(=O)N2CCN(C(=O)C(C)Oc3ccc(Cl)cc3)CC2)cc1. The van der Waals surface area contributed by atoms with Gasteiger partial charge in [0.15, 0.2) is 6.10 Å². The van der Waals surface area contributed by atoms with Crippen molar-refractivity contribution in [3.8, 4) is 11.5 Å². The molecule has 1 saturated heterocycles. The fraction of sp³-hybridized carbons (Fsp3) is 0.348. The summed E-state index contributed by atoms with van der Waals surface area (Å²) in [5, 5.41) is 0.596. The number of carbonyl (C=O) groups excluding carboxylic acids is 3. The minimum Gasteiger partial charge on any atom is -0.481 e. The Morgan fingerprint density at radius 1 is 0.906 bits per heavy atom. The van der Waals surface area contributed by atoms with Gasteiger partial charge in [-0.1, -0.05) is 11.6 Å². The van der Waals surface area contributed by atoms with E-state index in [1.54, 1.807) is 72.2 Å². The monoisotopic (exact) mass is 460 g/mol. The van der Waals surface area contributed by atoms with E-state index in [1.165, 1.54) is 0 Å². The van der Waals surface area contributed by atoms with Crippen LogP contribution in [-0.2, 0) is 9.53 Å². The van der Waals surface area contributed by atoms with Crippen molar-refractivity contribution in [3.05, 3.63) is 59.1 Å². The largest absolute Gasteiger partial charge is 0.513 e. The lowest BCUT2D eigenvalue weighted by Crippen LogP contribution is -2.53. The number of piperazine rings is 1. The average Bonchev–Trinajstić information content (AvgIpc) is 2.80. The number of rotatable bonds is 6. The maximum absolute atomic E-state index is 12.8. The van der Waals surface area contributed by atoms with Crippen LogP contribution in [0.25, 0.3) is 0 Å². The molecule has 2 amide bonds. The van der Waals surface area contributed by atoms with E-state index >= 15 is 0 Å². The second-order valence-corrected chi connectivity index (χ2v) is 7.58. The molecule has 0 radical (unpaired) electrons. The van der Waals surface area contributed by atoms with Gasteiger partial charge in [-0.15, -0.1) is 0 Å². The molecule has 2 aromatic rings. The number of halogens is 1. The zero-order valence-corrected chi connectivity index (χ0v) is 18.7. The molecule has 0 aliphatic carbocycles. The van der Waals surface area contributed by atoms with E-state index in [-0.39, 0.29) is 18.4 Å². The first-order chi connectivity index (χ1) is 15.4. The van der Waals surface area contributed by atoms with Crippen molar-refractivity contribution in [1.82, 2.24) is 9.80 Å². The molecule has 1 aliphatic rings.